The lowest BCUT2D eigenvalue weighted by Crippen LogP contribution is -1.93. The van der Waals surface area contributed by atoms with Gasteiger partial charge in [-0.3, -0.25) is 0 Å². The van der Waals surface area contributed by atoms with Crippen molar-refractivity contribution >= 4 is 33.0 Å². The zero-order valence-electron chi connectivity index (χ0n) is 10.6. The second-order valence-electron chi connectivity index (χ2n) is 4.45. The monoisotopic (exact) mass is 312 g/mol. The second-order valence-corrected chi connectivity index (χ2v) is 5.30. The Bertz CT molecular complexity index is 772. The summed E-state index contributed by atoms with van der Waals surface area (Å²) >= 11 is 3.58. The Morgan fingerprint density at radius 2 is 2.11 bits per heavy atom. The number of hydrogen-bond donors (Lipinski definition) is 0. The molecule has 2 nitrogen and oxygen atoms in total. The maximum atomic E-state index is 4.44. The smallest absolute Gasteiger partial charge is 0.141 e. The standard InChI is InChI=1S/C16H13BrN2/c1-3-11-5-4-6-12(9-11)15-10-13-14(17)7-8-18-16(13)19(15)2/h3-10H,1H2,2H3. The summed E-state index contributed by atoms with van der Waals surface area (Å²) in [6, 6.07) is 12.5. The first-order valence-corrected chi connectivity index (χ1v) is 6.83. The fourth-order valence-electron chi connectivity index (χ4n) is 2.29. The molecule has 0 radical (unpaired) electrons. The van der Waals surface area contributed by atoms with E-state index in [1.54, 1.807) is 0 Å². The number of aromatic nitrogens is 2. The van der Waals surface area contributed by atoms with Crippen LogP contribution in [0.25, 0.3) is 28.4 Å². The number of benzene rings is 1. The fraction of sp³-hybridized carbons (Fsp3) is 0.0625. The van der Waals surface area contributed by atoms with Crippen LogP contribution in [0.15, 0.2) is 53.6 Å². The number of fused-ring (bicyclic) bond motifs is 1. The summed E-state index contributed by atoms with van der Waals surface area (Å²) in [5.41, 5.74) is 4.42. The molecule has 0 bridgehead atoms. The predicted octanol–water partition coefficient (Wildman–Crippen LogP) is 4.65. The molecular formula is C16H13BrN2. The van der Waals surface area contributed by atoms with Gasteiger partial charge in [0.15, 0.2) is 0 Å². The first-order valence-electron chi connectivity index (χ1n) is 6.03. The zero-order valence-corrected chi connectivity index (χ0v) is 12.2. The molecule has 2 aromatic heterocycles. The van der Waals surface area contributed by atoms with E-state index in [2.05, 4.69) is 50.3 Å². The van der Waals surface area contributed by atoms with Gasteiger partial charge in [-0.25, -0.2) is 4.98 Å². The molecule has 0 fully saturated rings. The lowest BCUT2D eigenvalue weighted by Gasteiger charge is -2.04. The summed E-state index contributed by atoms with van der Waals surface area (Å²) in [5.74, 6) is 0. The largest absolute Gasteiger partial charge is 0.328 e. The van der Waals surface area contributed by atoms with Gasteiger partial charge in [-0.05, 0) is 45.3 Å². The SMILES string of the molecule is C=Cc1cccc(-c2cc3c(Br)ccnc3n2C)c1. The Morgan fingerprint density at radius 3 is 2.84 bits per heavy atom. The van der Waals surface area contributed by atoms with Crippen molar-refractivity contribution in [1.29, 1.82) is 0 Å². The summed E-state index contributed by atoms with van der Waals surface area (Å²) < 4.78 is 3.18. The molecule has 0 amide bonds. The minimum atomic E-state index is 0.980. The number of nitrogens with zero attached hydrogens (tertiary/aromatic N) is 2. The normalized spacial score (nSPS) is 10.8. The number of halogens is 1. The zero-order chi connectivity index (χ0) is 13.4. The van der Waals surface area contributed by atoms with Crippen molar-refractivity contribution in [3.63, 3.8) is 0 Å². The third kappa shape index (κ3) is 2.00. The summed E-state index contributed by atoms with van der Waals surface area (Å²) in [6.45, 7) is 3.82. The number of hydrogen-bond acceptors (Lipinski definition) is 1. The molecule has 3 aromatic rings. The highest BCUT2D eigenvalue weighted by atomic mass is 79.9. The van der Waals surface area contributed by atoms with Gasteiger partial charge >= 0.3 is 0 Å². The van der Waals surface area contributed by atoms with Gasteiger partial charge in [-0.2, -0.15) is 0 Å². The van der Waals surface area contributed by atoms with Crippen LogP contribution in [0.2, 0.25) is 0 Å². The number of pyridine rings is 1. The molecule has 0 N–H and O–H groups in total. The van der Waals surface area contributed by atoms with E-state index in [9.17, 15) is 0 Å². The molecule has 2 heterocycles. The molecular weight excluding hydrogens is 300 g/mol. The summed E-state index contributed by atoms with van der Waals surface area (Å²) in [6.07, 6.45) is 3.68. The highest BCUT2D eigenvalue weighted by Crippen LogP contribution is 2.30. The molecule has 3 rings (SSSR count). The van der Waals surface area contributed by atoms with Gasteiger partial charge in [0.05, 0.1) is 5.69 Å². The molecule has 0 aliphatic heterocycles. The summed E-state index contributed by atoms with van der Waals surface area (Å²) in [5, 5.41) is 1.13. The van der Waals surface area contributed by atoms with Crippen molar-refractivity contribution in [3.8, 4) is 11.3 Å². The molecule has 0 aliphatic rings. The van der Waals surface area contributed by atoms with Crippen LogP contribution in [0.1, 0.15) is 5.56 Å². The van der Waals surface area contributed by atoms with Crippen LogP contribution in [0.3, 0.4) is 0 Å². The van der Waals surface area contributed by atoms with E-state index in [1.807, 2.05) is 37.5 Å². The molecule has 0 aliphatic carbocycles. The lowest BCUT2D eigenvalue weighted by atomic mass is 10.1. The predicted molar refractivity (Wildman–Crippen MR) is 83.9 cm³/mol. The molecule has 0 saturated carbocycles. The van der Waals surface area contributed by atoms with Crippen molar-refractivity contribution in [2.45, 2.75) is 0 Å². The molecule has 0 spiro atoms. The van der Waals surface area contributed by atoms with Gasteiger partial charge in [0.25, 0.3) is 0 Å². The maximum absolute atomic E-state index is 4.44. The van der Waals surface area contributed by atoms with Gasteiger partial charge in [-0.1, -0.05) is 30.9 Å². The Balaban J connectivity index is 2.27. The first-order chi connectivity index (χ1) is 9.20. The van der Waals surface area contributed by atoms with Crippen LogP contribution in [0.5, 0.6) is 0 Å². The van der Waals surface area contributed by atoms with E-state index in [0.717, 1.165) is 26.8 Å². The van der Waals surface area contributed by atoms with E-state index < -0.39 is 0 Å². The van der Waals surface area contributed by atoms with E-state index in [-0.39, 0.29) is 0 Å². The molecule has 1 aromatic carbocycles. The van der Waals surface area contributed by atoms with Crippen molar-refractivity contribution in [1.82, 2.24) is 9.55 Å². The van der Waals surface area contributed by atoms with Crippen molar-refractivity contribution in [2.24, 2.45) is 7.05 Å². The van der Waals surface area contributed by atoms with Crippen LogP contribution in [0, 0.1) is 0 Å². The van der Waals surface area contributed by atoms with Crippen LogP contribution in [-0.4, -0.2) is 9.55 Å². The Hall–Kier alpha value is -1.87. The second kappa shape index (κ2) is 4.67. The molecule has 0 saturated heterocycles. The number of rotatable bonds is 2. The molecule has 19 heavy (non-hydrogen) atoms. The Kier molecular flexibility index (Phi) is 2.99. The topological polar surface area (TPSA) is 17.8 Å². The molecule has 0 unspecified atom stereocenters. The van der Waals surface area contributed by atoms with Gasteiger partial charge in [0.1, 0.15) is 5.65 Å². The molecule has 3 heteroatoms. The maximum Gasteiger partial charge on any atom is 0.141 e. The highest BCUT2D eigenvalue weighted by Gasteiger charge is 2.10. The first kappa shape index (κ1) is 12.2. The van der Waals surface area contributed by atoms with Gasteiger partial charge in [0.2, 0.25) is 0 Å². The Labute approximate surface area is 120 Å². The third-order valence-corrected chi connectivity index (χ3v) is 3.99. The van der Waals surface area contributed by atoms with Crippen molar-refractivity contribution in [3.05, 3.63) is 59.2 Å². The van der Waals surface area contributed by atoms with Gasteiger partial charge < -0.3 is 4.57 Å². The van der Waals surface area contributed by atoms with Crippen LogP contribution in [-0.2, 0) is 7.05 Å². The average molecular weight is 313 g/mol. The van der Waals surface area contributed by atoms with E-state index in [0.29, 0.717) is 0 Å². The van der Waals surface area contributed by atoms with Crippen LogP contribution < -0.4 is 0 Å². The van der Waals surface area contributed by atoms with Gasteiger partial charge in [-0.15, -0.1) is 0 Å². The minimum Gasteiger partial charge on any atom is -0.328 e. The van der Waals surface area contributed by atoms with Crippen molar-refractivity contribution < 1.29 is 0 Å². The average Bonchev–Trinajstić information content (AvgIpc) is 2.78. The van der Waals surface area contributed by atoms with E-state index in [1.165, 1.54) is 5.56 Å². The summed E-state index contributed by atoms with van der Waals surface area (Å²) in [4.78, 5) is 4.44. The molecule has 0 atom stereocenters. The Morgan fingerprint density at radius 1 is 1.26 bits per heavy atom. The number of aryl methyl sites for hydroxylation is 1. The van der Waals surface area contributed by atoms with E-state index in [4.69, 9.17) is 0 Å². The minimum absolute atomic E-state index is 0.980. The fourth-order valence-corrected chi connectivity index (χ4v) is 2.70. The third-order valence-electron chi connectivity index (χ3n) is 3.29. The van der Waals surface area contributed by atoms with Crippen LogP contribution >= 0.6 is 15.9 Å². The van der Waals surface area contributed by atoms with Crippen LogP contribution in [0.4, 0.5) is 0 Å². The highest BCUT2D eigenvalue weighted by molar-refractivity contribution is 9.10. The summed E-state index contributed by atoms with van der Waals surface area (Å²) in [7, 11) is 2.04. The van der Waals surface area contributed by atoms with E-state index >= 15 is 0 Å². The molecule has 94 valence electrons. The quantitative estimate of drug-likeness (QED) is 0.673. The lowest BCUT2D eigenvalue weighted by molar-refractivity contribution is 0.957. The van der Waals surface area contributed by atoms with Gasteiger partial charge in [0, 0.05) is 23.1 Å². The van der Waals surface area contributed by atoms with Crippen molar-refractivity contribution in [2.75, 3.05) is 0 Å².